The Kier molecular flexibility index (Phi) is 2.84. The third-order valence-corrected chi connectivity index (χ3v) is 4.95. The van der Waals surface area contributed by atoms with Gasteiger partial charge in [-0.1, -0.05) is 6.07 Å². The van der Waals surface area contributed by atoms with Crippen LogP contribution >= 0.6 is 0 Å². The number of hydrogen-bond donors (Lipinski definition) is 1. The van der Waals surface area contributed by atoms with Gasteiger partial charge in [0.25, 0.3) is 0 Å². The van der Waals surface area contributed by atoms with Gasteiger partial charge in [0.05, 0.1) is 17.0 Å². The molecule has 2 aliphatic heterocycles. The molecule has 6 heteroatoms. The molecule has 1 aliphatic carbocycles. The lowest BCUT2D eigenvalue weighted by molar-refractivity contribution is -0.156. The number of carbonyl (C=O) groups excluding carboxylic acids is 3. The van der Waals surface area contributed by atoms with Gasteiger partial charge in [-0.25, -0.2) is 9.59 Å². The predicted octanol–water partition coefficient (Wildman–Crippen LogP) is 1.37. The summed E-state index contributed by atoms with van der Waals surface area (Å²) in [5.41, 5.74) is 1.51. The zero-order chi connectivity index (χ0) is 15.4. The molecule has 0 aromatic heterocycles. The highest BCUT2D eigenvalue weighted by Gasteiger charge is 2.47. The summed E-state index contributed by atoms with van der Waals surface area (Å²) < 4.78 is 9.49. The van der Waals surface area contributed by atoms with Crippen molar-refractivity contribution in [2.45, 2.75) is 31.5 Å². The minimum absolute atomic E-state index is 0.124. The van der Waals surface area contributed by atoms with Gasteiger partial charge in [0.2, 0.25) is 6.29 Å². The highest BCUT2D eigenvalue weighted by molar-refractivity contribution is 6.14. The van der Waals surface area contributed by atoms with Crippen LogP contribution in [0.4, 0.5) is 0 Å². The first-order valence-electron chi connectivity index (χ1n) is 7.33. The van der Waals surface area contributed by atoms with Crippen molar-refractivity contribution in [3.8, 4) is 0 Å². The smallest absolute Gasteiger partial charge is 0.346 e. The number of benzene rings is 1. The fourth-order valence-corrected chi connectivity index (χ4v) is 3.77. The molecule has 1 N–H and O–H groups in total. The van der Waals surface area contributed by atoms with E-state index in [1.54, 1.807) is 12.1 Å². The van der Waals surface area contributed by atoms with Gasteiger partial charge < -0.3 is 14.6 Å². The molecule has 1 aromatic rings. The second-order valence-electron chi connectivity index (χ2n) is 6.09. The largest absolute Gasteiger partial charge is 0.435 e. The summed E-state index contributed by atoms with van der Waals surface area (Å²) in [7, 11) is 0. The van der Waals surface area contributed by atoms with E-state index < -0.39 is 18.2 Å². The van der Waals surface area contributed by atoms with E-state index >= 15 is 0 Å². The van der Waals surface area contributed by atoms with Gasteiger partial charge in [-0.05, 0) is 42.9 Å². The lowest BCUT2D eigenvalue weighted by atomic mass is 9.72. The van der Waals surface area contributed by atoms with Crippen LogP contribution in [-0.4, -0.2) is 29.3 Å². The zero-order valence-corrected chi connectivity index (χ0v) is 11.7. The fourth-order valence-electron chi connectivity index (χ4n) is 3.77. The van der Waals surface area contributed by atoms with Crippen LogP contribution in [-0.2, 0) is 14.3 Å². The van der Waals surface area contributed by atoms with Gasteiger partial charge in [0, 0.05) is 5.92 Å². The molecule has 2 heterocycles. The van der Waals surface area contributed by atoms with Crippen LogP contribution in [0.1, 0.15) is 51.5 Å². The average Bonchev–Trinajstić information content (AvgIpc) is 2.96. The molecule has 0 radical (unpaired) electrons. The van der Waals surface area contributed by atoms with E-state index in [9.17, 15) is 19.5 Å². The quantitative estimate of drug-likeness (QED) is 0.622. The van der Waals surface area contributed by atoms with E-state index in [0.29, 0.717) is 24.0 Å². The van der Waals surface area contributed by atoms with Crippen molar-refractivity contribution in [3.63, 3.8) is 0 Å². The number of esters is 3. The molecule has 22 heavy (non-hydrogen) atoms. The van der Waals surface area contributed by atoms with Crippen molar-refractivity contribution in [3.05, 3.63) is 34.9 Å². The summed E-state index contributed by atoms with van der Waals surface area (Å²) in [5, 5.41) is 9.83. The van der Waals surface area contributed by atoms with Gasteiger partial charge >= 0.3 is 17.9 Å². The molecule has 6 nitrogen and oxygen atoms in total. The van der Waals surface area contributed by atoms with Crippen LogP contribution < -0.4 is 0 Å². The van der Waals surface area contributed by atoms with Crippen molar-refractivity contribution in [1.29, 1.82) is 0 Å². The van der Waals surface area contributed by atoms with Crippen molar-refractivity contribution in [2.24, 2.45) is 11.8 Å². The summed E-state index contributed by atoms with van der Waals surface area (Å²) >= 11 is 0. The zero-order valence-electron chi connectivity index (χ0n) is 11.7. The number of rotatable bonds is 1. The maximum atomic E-state index is 11.6. The number of cyclic esters (lactones) is 3. The number of aliphatic hydroxyl groups is 1. The Labute approximate surface area is 126 Å². The second-order valence-corrected chi connectivity index (χ2v) is 6.09. The molecule has 0 bridgehead atoms. The standard InChI is InChI=1S/C16H14O6/c17-13-9-3-1-7(5-11(9)15(19)21-13)8-2-4-10-12(6-8)16(20)22-14(10)18/h1,3,5,8,10,12,16,20H,2,4,6H2. The van der Waals surface area contributed by atoms with Gasteiger partial charge in [0.1, 0.15) is 0 Å². The summed E-state index contributed by atoms with van der Waals surface area (Å²) in [6, 6.07) is 5.11. The Morgan fingerprint density at radius 3 is 2.64 bits per heavy atom. The number of fused-ring (bicyclic) bond motifs is 2. The highest BCUT2D eigenvalue weighted by atomic mass is 16.6. The van der Waals surface area contributed by atoms with Crippen molar-refractivity contribution < 1.29 is 29.0 Å². The molecule has 0 amide bonds. The van der Waals surface area contributed by atoms with E-state index in [0.717, 1.165) is 12.0 Å². The SMILES string of the molecule is O=C1OC(=O)c2cc(C3CCC4C(=O)OC(O)C4C3)ccc21. The maximum absolute atomic E-state index is 11.6. The lowest BCUT2D eigenvalue weighted by Crippen LogP contribution is -2.28. The monoisotopic (exact) mass is 302 g/mol. The molecule has 4 rings (SSSR count). The predicted molar refractivity (Wildman–Crippen MR) is 71.9 cm³/mol. The van der Waals surface area contributed by atoms with Crippen molar-refractivity contribution >= 4 is 17.9 Å². The first-order chi connectivity index (χ1) is 10.5. The minimum Gasteiger partial charge on any atom is -0.435 e. The van der Waals surface area contributed by atoms with Crippen LogP contribution in [0.15, 0.2) is 18.2 Å². The van der Waals surface area contributed by atoms with Crippen LogP contribution in [0.25, 0.3) is 0 Å². The Balaban J connectivity index is 1.61. The van der Waals surface area contributed by atoms with E-state index in [-0.39, 0.29) is 23.7 Å². The number of hydrogen-bond acceptors (Lipinski definition) is 6. The van der Waals surface area contributed by atoms with E-state index in [2.05, 4.69) is 4.74 Å². The van der Waals surface area contributed by atoms with Crippen LogP contribution in [0.3, 0.4) is 0 Å². The lowest BCUT2D eigenvalue weighted by Gasteiger charge is -2.30. The Morgan fingerprint density at radius 1 is 1.05 bits per heavy atom. The van der Waals surface area contributed by atoms with Crippen molar-refractivity contribution in [2.75, 3.05) is 0 Å². The van der Waals surface area contributed by atoms with Gasteiger partial charge in [0.15, 0.2) is 0 Å². The normalized spacial score (nSPS) is 33.2. The number of carbonyl (C=O) groups is 3. The van der Waals surface area contributed by atoms with Gasteiger partial charge in [-0.3, -0.25) is 4.79 Å². The fraction of sp³-hybridized carbons (Fsp3) is 0.438. The van der Waals surface area contributed by atoms with Crippen LogP contribution in [0.5, 0.6) is 0 Å². The topological polar surface area (TPSA) is 89.9 Å². The molecule has 1 saturated carbocycles. The molecular weight excluding hydrogens is 288 g/mol. The summed E-state index contributed by atoms with van der Waals surface area (Å²) in [4.78, 5) is 34.7. The molecule has 3 aliphatic rings. The number of ether oxygens (including phenoxy) is 2. The van der Waals surface area contributed by atoms with E-state index in [1.165, 1.54) is 0 Å². The molecule has 4 atom stereocenters. The molecule has 4 unspecified atom stereocenters. The molecule has 1 aromatic carbocycles. The first-order valence-corrected chi connectivity index (χ1v) is 7.33. The summed E-state index contributed by atoms with van der Waals surface area (Å²) in [5.74, 6) is -1.85. The molecule has 114 valence electrons. The molecular formula is C16H14O6. The van der Waals surface area contributed by atoms with Crippen molar-refractivity contribution in [1.82, 2.24) is 0 Å². The van der Waals surface area contributed by atoms with E-state index in [4.69, 9.17) is 4.74 Å². The first kappa shape index (κ1) is 13.5. The van der Waals surface area contributed by atoms with Crippen LogP contribution in [0, 0.1) is 11.8 Å². The molecule has 0 spiro atoms. The Hall–Kier alpha value is -2.21. The second kappa shape index (κ2) is 4.64. The highest BCUT2D eigenvalue weighted by Crippen LogP contribution is 2.45. The Morgan fingerprint density at radius 2 is 1.82 bits per heavy atom. The van der Waals surface area contributed by atoms with Gasteiger partial charge in [-0.2, -0.15) is 0 Å². The average molecular weight is 302 g/mol. The number of aliphatic hydroxyl groups excluding tert-OH is 1. The molecule has 2 fully saturated rings. The third kappa shape index (κ3) is 1.87. The summed E-state index contributed by atoms with van der Waals surface area (Å²) in [6.07, 6.45) is 1.02. The van der Waals surface area contributed by atoms with Gasteiger partial charge in [-0.15, -0.1) is 0 Å². The Bertz CT molecular complexity index is 694. The third-order valence-electron chi connectivity index (χ3n) is 4.95. The summed E-state index contributed by atoms with van der Waals surface area (Å²) in [6.45, 7) is 0. The maximum Gasteiger partial charge on any atom is 0.346 e. The van der Waals surface area contributed by atoms with Crippen LogP contribution in [0.2, 0.25) is 0 Å². The van der Waals surface area contributed by atoms with E-state index in [1.807, 2.05) is 6.07 Å². The minimum atomic E-state index is -1.04. The molecule has 1 saturated heterocycles.